The number of hydrogen-bond acceptors (Lipinski definition) is 3. The molecule has 0 saturated heterocycles. The predicted octanol–water partition coefficient (Wildman–Crippen LogP) is 0.923. The third-order valence-corrected chi connectivity index (χ3v) is 4.44. The van der Waals surface area contributed by atoms with Crippen molar-refractivity contribution in [3.8, 4) is 0 Å². The van der Waals surface area contributed by atoms with Gasteiger partial charge < -0.3 is 5.73 Å². The Labute approximate surface area is 108 Å². The molecule has 17 heavy (non-hydrogen) atoms. The van der Waals surface area contributed by atoms with Gasteiger partial charge in [-0.3, -0.25) is 4.79 Å². The Morgan fingerprint density at radius 3 is 2.41 bits per heavy atom. The molecule has 0 fully saturated rings. The van der Waals surface area contributed by atoms with Crippen LogP contribution in [0.2, 0.25) is 0 Å². The maximum Gasteiger partial charge on any atom is 0.232 e. The minimum Gasteiger partial charge on any atom is -0.369 e. The summed E-state index contributed by atoms with van der Waals surface area (Å²) in [5.41, 5.74) is 5.05. The van der Waals surface area contributed by atoms with Gasteiger partial charge in [-0.1, -0.05) is 13.3 Å². The summed E-state index contributed by atoms with van der Waals surface area (Å²) in [4.78, 5) is 10.8. The second kappa shape index (κ2) is 8.72. The molecule has 0 radical (unpaired) electrons. The lowest BCUT2D eigenvalue weighted by Gasteiger charge is -2.20. The maximum absolute atomic E-state index is 11.9. The summed E-state index contributed by atoms with van der Waals surface area (Å²) < 4.78 is 25.0. The number of rotatable bonds is 10. The molecule has 2 N–H and O–H groups in total. The fourth-order valence-corrected chi connectivity index (χ4v) is 3.08. The first kappa shape index (κ1) is 16.7. The van der Waals surface area contributed by atoms with Crippen molar-refractivity contribution in [2.75, 3.05) is 24.7 Å². The van der Waals surface area contributed by atoms with Crippen molar-refractivity contribution in [3.63, 3.8) is 0 Å². The van der Waals surface area contributed by atoms with Gasteiger partial charge in [0.15, 0.2) is 0 Å². The van der Waals surface area contributed by atoms with Gasteiger partial charge in [-0.25, -0.2) is 8.42 Å². The Kier molecular flexibility index (Phi) is 8.55. The van der Waals surface area contributed by atoms with Crippen LogP contribution in [0.3, 0.4) is 0 Å². The van der Waals surface area contributed by atoms with Gasteiger partial charge in [-0.2, -0.15) is 4.31 Å². The van der Waals surface area contributed by atoms with Gasteiger partial charge in [0, 0.05) is 12.4 Å². The number of sulfonamides is 1. The van der Waals surface area contributed by atoms with Crippen molar-refractivity contribution in [1.82, 2.24) is 4.31 Å². The molecular formula is C10H21ClN2O3S. The number of carbonyl (C=O) groups is 1. The van der Waals surface area contributed by atoms with Gasteiger partial charge in [-0.05, 0) is 19.3 Å². The van der Waals surface area contributed by atoms with Crippen LogP contribution in [0.5, 0.6) is 0 Å². The van der Waals surface area contributed by atoms with Gasteiger partial charge in [0.1, 0.15) is 0 Å². The van der Waals surface area contributed by atoms with E-state index in [0.29, 0.717) is 25.3 Å². The standard InChI is InChI=1S/C10H21ClN2O3S/c1-2-3-7-13(9-10(12)14)17(15,16)8-5-4-6-11/h2-9H2,1H3,(H2,12,14). The van der Waals surface area contributed by atoms with Crippen molar-refractivity contribution in [1.29, 1.82) is 0 Å². The first-order chi connectivity index (χ1) is 7.94. The molecule has 0 saturated carbocycles. The fourth-order valence-electron chi connectivity index (χ4n) is 1.33. The van der Waals surface area contributed by atoms with E-state index < -0.39 is 15.9 Å². The summed E-state index contributed by atoms with van der Waals surface area (Å²) in [6, 6.07) is 0. The molecule has 1 amide bonds. The number of nitrogens with zero attached hydrogens (tertiary/aromatic N) is 1. The lowest BCUT2D eigenvalue weighted by atomic mass is 10.3. The number of amides is 1. The van der Waals surface area contributed by atoms with Crippen molar-refractivity contribution < 1.29 is 13.2 Å². The molecular weight excluding hydrogens is 264 g/mol. The summed E-state index contributed by atoms with van der Waals surface area (Å²) in [5, 5.41) is 0. The number of hydrogen-bond donors (Lipinski definition) is 1. The number of carbonyl (C=O) groups excluding carboxylic acids is 1. The summed E-state index contributed by atoms with van der Waals surface area (Å²) in [6.45, 7) is 2.08. The van der Waals surface area contributed by atoms with E-state index in [9.17, 15) is 13.2 Å². The molecule has 0 rings (SSSR count). The minimum atomic E-state index is -3.39. The van der Waals surface area contributed by atoms with Crippen molar-refractivity contribution in [2.45, 2.75) is 32.6 Å². The van der Waals surface area contributed by atoms with Gasteiger partial charge in [0.2, 0.25) is 15.9 Å². The van der Waals surface area contributed by atoms with E-state index in [0.717, 1.165) is 12.8 Å². The minimum absolute atomic E-state index is 0.0245. The molecule has 5 nitrogen and oxygen atoms in total. The number of halogens is 1. The van der Waals surface area contributed by atoms with Gasteiger partial charge in [0.25, 0.3) is 0 Å². The number of alkyl halides is 1. The van der Waals surface area contributed by atoms with Crippen LogP contribution in [0.15, 0.2) is 0 Å². The Hall–Kier alpha value is -0.330. The molecule has 102 valence electrons. The number of primary amides is 1. The number of unbranched alkanes of at least 4 members (excludes halogenated alkanes) is 2. The second-order valence-corrected chi connectivity index (χ2v) is 6.33. The fraction of sp³-hybridized carbons (Fsp3) is 0.900. The molecule has 0 aliphatic carbocycles. The molecule has 0 aromatic heterocycles. The van der Waals surface area contributed by atoms with Crippen LogP contribution in [-0.4, -0.2) is 43.4 Å². The normalized spacial score (nSPS) is 11.9. The molecule has 0 heterocycles. The summed E-state index contributed by atoms with van der Waals surface area (Å²) in [6.07, 6.45) is 2.75. The van der Waals surface area contributed by atoms with Gasteiger partial charge in [0.05, 0.1) is 12.3 Å². The quantitative estimate of drug-likeness (QED) is 0.478. The highest BCUT2D eigenvalue weighted by Gasteiger charge is 2.22. The second-order valence-electron chi connectivity index (χ2n) is 3.87. The molecule has 7 heteroatoms. The molecule has 0 spiro atoms. The lowest BCUT2D eigenvalue weighted by Crippen LogP contribution is -2.40. The predicted molar refractivity (Wildman–Crippen MR) is 69.4 cm³/mol. The Morgan fingerprint density at radius 1 is 1.29 bits per heavy atom. The highest BCUT2D eigenvalue weighted by atomic mass is 35.5. The van der Waals surface area contributed by atoms with E-state index in [4.69, 9.17) is 17.3 Å². The lowest BCUT2D eigenvalue weighted by molar-refractivity contribution is -0.118. The Bertz CT molecular complexity index is 320. The summed E-state index contributed by atoms with van der Waals surface area (Å²) in [7, 11) is -3.39. The van der Waals surface area contributed by atoms with Crippen molar-refractivity contribution in [2.24, 2.45) is 5.73 Å². The average molecular weight is 285 g/mol. The van der Waals surface area contributed by atoms with Crippen LogP contribution < -0.4 is 5.73 Å². The maximum atomic E-state index is 11.9. The Morgan fingerprint density at radius 2 is 1.94 bits per heavy atom. The van der Waals surface area contributed by atoms with Crippen molar-refractivity contribution in [3.05, 3.63) is 0 Å². The number of nitrogens with two attached hydrogens (primary N) is 1. The summed E-state index contributed by atoms with van der Waals surface area (Å²) >= 11 is 5.50. The first-order valence-electron chi connectivity index (χ1n) is 5.76. The molecule has 0 aliphatic rings. The first-order valence-corrected chi connectivity index (χ1v) is 7.90. The van der Waals surface area contributed by atoms with Crippen LogP contribution in [0.25, 0.3) is 0 Å². The monoisotopic (exact) mass is 284 g/mol. The smallest absolute Gasteiger partial charge is 0.232 e. The largest absolute Gasteiger partial charge is 0.369 e. The zero-order valence-corrected chi connectivity index (χ0v) is 11.8. The van der Waals surface area contributed by atoms with Crippen LogP contribution in [0.4, 0.5) is 0 Å². The average Bonchev–Trinajstić information content (AvgIpc) is 2.23. The highest BCUT2D eigenvalue weighted by Crippen LogP contribution is 2.07. The van der Waals surface area contributed by atoms with Crippen LogP contribution in [0.1, 0.15) is 32.6 Å². The third kappa shape index (κ3) is 7.57. The van der Waals surface area contributed by atoms with Crippen LogP contribution >= 0.6 is 11.6 Å². The highest BCUT2D eigenvalue weighted by molar-refractivity contribution is 7.89. The van der Waals surface area contributed by atoms with Crippen LogP contribution in [-0.2, 0) is 14.8 Å². The van der Waals surface area contributed by atoms with Gasteiger partial charge in [-0.15, -0.1) is 11.6 Å². The molecule has 0 aliphatic heterocycles. The van der Waals surface area contributed by atoms with E-state index in [1.807, 2.05) is 6.92 Å². The van der Waals surface area contributed by atoms with Crippen LogP contribution in [0, 0.1) is 0 Å². The third-order valence-electron chi connectivity index (χ3n) is 2.27. The van der Waals surface area contributed by atoms with E-state index in [-0.39, 0.29) is 12.3 Å². The zero-order chi connectivity index (χ0) is 13.3. The summed E-state index contributed by atoms with van der Waals surface area (Å²) in [5.74, 6) is -0.154. The molecule has 0 unspecified atom stereocenters. The van der Waals surface area contributed by atoms with Gasteiger partial charge >= 0.3 is 0 Å². The molecule has 0 aromatic carbocycles. The van der Waals surface area contributed by atoms with E-state index in [1.165, 1.54) is 4.31 Å². The topological polar surface area (TPSA) is 80.5 Å². The molecule has 0 bridgehead atoms. The van der Waals surface area contributed by atoms with E-state index in [2.05, 4.69) is 0 Å². The van der Waals surface area contributed by atoms with Crippen molar-refractivity contribution >= 4 is 27.5 Å². The molecule has 0 atom stereocenters. The Balaban J connectivity index is 4.46. The van der Waals surface area contributed by atoms with E-state index >= 15 is 0 Å². The molecule has 0 aromatic rings. The SMILES string of the molecule is CCCCN(CC(N)=O)S(=O)(=O)CCCCCl. The zero-order valence-electron chi connectivity index (χ0n) is 10.2. The van der Waals surface area contributed by atoms with E-state index in [1.54, 1.807) is 0 Å².